The van der Waals surface area contributed by atoms with Gasteiger partial charge in [-0.1, -0.05) is 17.2 Å². The van der Waals surface area contributed by atoms with E-state index in [0.717, 1.165) is 0 Å². The van der Waals surface area contributed by atoms with E-state index in [9.17, 15) is 105 Å². The van der Waals surface area contributed by atoms with Gasteiger partial charge in [0.05, 0.1) is 0 Å². The third-order valence-corrected chi connectivity index (χ3v) is 7.92. The molecule has 0 saturated carbocycles. The molecule has 0 bridgehead atoms. The minimum atomic E-state index is -7.13. The zero-order valence-corrected chi connectivity index (χ0v) is 28.1. The second-order valence-electron chi connectivity index (χ2n) is 10.2. The lowest BCUT2D eigenvalue weighted by atomic mass is 9.99. The molecule has 0 N–H and O–H groups in total. The van der Waals surface area contributed by atoms with Crippen LogP contribution in [0.3, 0.4) is 0 Å². The molecule has 2 aromatic rings. The van der Waals surface area contributed by atoms with E-state index < -0.39 is 108 Å². The Kier molecular flexibility index (Phi) is 13.4. The summed E-state index contributed by atoms with van der Waals surface area (Å²) in [6.07, 6.45) is -16.4. The topological polar surface area (TPSA) is 130 Å². The maximum atomic E-state index is 14.5. The summed E-state index contributed by atoms with van der Waals surface area (Å²) < 4.78 is 326. The first-order valence-electron chi connectivity index (χ1n) is 13.6. The first-order chi connectivity index (χ1) is 25.3. The first-order valence-corrected chi connectivity index (χ1v) is 16.5. The van der Waals surface area contributed by atoms with Crippen molar-refractivity contribution in [2.75, 3.05) is 0 Å². The molecule has 0 saturated heterocycles. The lowest BCUT2D eigenvalue weighted by Crippen LogP contribution is -2.56. The van der Waals surface area contributed by atoms with E-state index in [4.69, 9.17) is 9.47 Å². The van der Waals surface area contributed by atoms with E-state index >= 15 is 0 Å². The Morgan fingerprint density at radius 3 is 0.982 bits per heavy atom. The summed E-state index contributed by atoms with van der Waals surface area (Å²) in [7, 11) is -14.0. The highest BCUT2D eigenvalue weighted by atomic mass is 32.2. The number of rotatable bonds is 15. The quantitative estimate of drug-likeness (QED) is 0.0571. The van der Waals surface area contributed by atoms with Crippen LogP contribution in [0.1, 0.15) is 24.5 Å². The molecule has 0 spiro atoms. The van der Waals surface area contributed by atoms with Crippen molar-refractivity contribution < 1.29 is 123 Å². The fourth-order valence-corrected chi connectivity index (χ4v) is 3.88. The minimum absolute atomic E-state index is 0.110. The fraction of sp³-hybridized carbons (Fsp3) is 0.440. The average Bonchev–Trinajstić information content (AvgIpc) is 3.03. The lowest BCUT2D eigenvalue weighted by Gasteiger charge is -2.29. The molecule has 32 heteroatoms. The highest BCUT2D eigenvalue weighted by Gasteiger charge is 2.76. The van der Waals surface area contributed by atoms with Crippen molar-refractivity contribution in [2.24, 2.45) is 10.3 Å². The van der Waals surface area contributed by atoms with E-state index in [1.165, 1.54) is 6.92 Å². The van der Waals surface area contributed by atoms with Crippen LogP contribution in [0.15, 0.2) is 58.8 Å². The molecule has 0 atom stereocenters. The predicted molar refractivity (Wildman–Crippen MR) is 145 cm³/mol. The van der Waals surface area contributed by atoms with Gasteiger partial charge in [0.15, 0.2) is 11.4 Å². The van der Waals surface area contributed by atoms with Crippen LogP contribution in [-0.2, 0) is 28.8 Å². The van der Waals surface area contributed by atoms with Crippen LogP contribution in [0.5, 0.6) is 11.5 Å². The van der Waals surface area contributed by atoms with Gasteiger partial charge in [-0.3, -0.25) is 8.57 Å². The smallest absolute Gasteiger partial charge is 0.455 e. The third kappa shape index (κ3) is 10.1. The van der Waals surface area contributed by atoms with Crippen LogP contribution in [0.2, 0.25) is 0 Å². The van der Waals surface area contributed by atoms with Gasteiger partial charge in [-0.05, 0) is 48.5 Å². The van der Waals surface area contributed by atoms with Gasteiger partial charge in [-0.15, -0.1) is 0 Å². The number of halogens is 20. The highest BCUT2D eigenvalue weighted by Crippen LogP contribution is 2.50. The monoisotopic (exact) mass is 914 g/mol. The van der Waals surface area contributed by atoms with Gasteiger partial charge in [0, 0.05) is 17.5 Å². The van der Waals surface area contributed by atoms with Crippen LogP contribution < -0.4 is 9.47 Å². The number of nitrogens with zero attached hydrogens (tertiary/aromatic N) is 2. The number of hydrogen-bond donors (Lipinski definition) is 0. The van der Waals surface area contributed by atoms with E-state index in [1.54, 1.807) is 10.3 Å². The van der Waals surface area contributed by atoms with Crippen molar-refractivity contribution >= 4 is 31.7 Å². The Bertz CT molecular complexity index is 1860. The molecule has 0 unspecified atom stereocenters. The summed E-state index contributed by atoms with van der Waals surface area (Å²) >= 11 is 0. The molecule has 2 rings (SSSR count). The SMILES string of the molecule is CCC(Oc1ccc(C(=NOS(=O)(=O)C(F)(F)F)C(F)(F)C(F)(F)C(F)(F)F)cc1)Oc1ccc(C(=NOS(=O)(=O)C(F)(F)F)C(F)(F)C(F)(F)C(F)(F)F)cc1. The largest absolute Gasteiger partial charge is 0.536 e. The van der Waals surface area contributed by atoms with E-state index in [1.807, 2.05) is 0 Å². The molecule has 57 heavy (non-hydrogen) atoms. The summed E-state index contributed by atoms with van der Waals surface area (Å²) in [5.41, 5.74) is -22.2. The van der Waals surface area contributed by atoms with Crippen LogP contribution in [0.4, 0.5) is 87.8 Å². The normalized spacial score (nSPS) is 15.6. The van der Waals surface area contributed by atoms with Crippen molar-refractivity contribution in [3.8, 4) is 11.5 Å². The number of alkyl halides is 20. The Hall–Kier alpha value is -4.52. The Labute approximate surface area is 302 Å². The van der Waals surface area contributed by atoms with E-state index in [0.29, 0.717) is 24.3 Å². The zero-order chi connectivity index (χ0) is 44.6. The Morgan fingerprint density at radius 1 is 0.509 bits per heavy atom. The molecule has 0 fully saturated rings. The summed E-state index contributed by atoms with van der Waals surface area (Å²) in [5.74, 6) is -28.9. The zero-order valence-electron chi connectivity index (χ0n) is 26.4. The minimum Gasteiger partial charge on any atom is -0.455 e. The van der Waals surface area contributed by atoms with E-state index in [-0.39, 0.29) is 30.7 Å². The molecule has 0 radical (unpaired) electrons. The van der Waals surface area contributed by atoms with Crippen molar-refractivity contribution in [2.45, 2.75) is 66.7 Å². The van der Waals surface area contributed by atoms with Gasteiger partial charge < -0.3 is 9.47 Å². The molecular formula is C25H14F20N2O8S2. The third-order valence-electron chi connectivity index (χ3n) is 6.24. The molecule has 2 aromatic carbocycles. The van der Waals surface area contributed by atoms with Gasteiger partial charge in [0.2, 0.25) is 6.29 Å². The van der Waals surface area contributed by atoms with Gasteiger partial charge in [-0.2, -0.15) is 105 Å². The maximum Gasteiger partial charge on any atom is 0.536 e. The number of benzene rings is 2. The van der Waals surface area contributed by atoms with E-state index in [2.05, 4.69) is 8.57 Å². The van der Waals surface area contributed by atoms with Crippen molar-refractivity contribution in [1.82, 2.24) is 0 Å². The summed E-state index contributed by atoms with van der Waals surface area (Å²) in [6.45, 7) is 1.19. The molecule has 0 aliphatic heterocycles. The average molecular weight is 914 g/mol. The van der Waals surface area contributed by atoms with Gasteiger partial charge in [-0.25, -0.2) is 0 Å². The molecule has 0 heterocycles. The van der Waals surface area contributed by atoms with Crippen LogP contribution in [0.25, 0.3) is 0 Å². The van der Waals surface area contributed by atoms with Crippen LogP contribution in [0, 0.1) is 0 Å². The summed E-state index contributed by atoms with van der Waals surface area (Å²) in [6, 6.07) is 2.05. The molecular weight excluding hydrogens is 900 g/mol. The molecule has 0 aliphatic rings. The second-order valence-corrected chi connectivity index (χ2v) is 13.3. The molecule has 0 amide bonds. The van der Waals surface area contributed by atoms with Gasteiger partial charge >= 0.3 is 67.3 Å². The standard InChI is InChI=1S/C25H14F20N2O8S2/c1-2-15(52-13-7-3-11(4-8-13)16(46-54-56(48,49)24(40,41)42)18(26,27)20(30,31)22(34,35)36)53-14-9-5-12(6-10-14)17(47-55-57(50,51)25(43,44)45)19(28,29)21(32,33)23(37,38)39/h3-10,15H,2H2,1H3. The van der Waals surface area contributed by atoms with Gasteiger partial charge in [0.25, 0.3) is 0 Å². The predicted octanol–water partition coefficient (Wildman–Crippen LogP) is 8.69. The summed E-state index contributed by atoms with van der Waals surface area (Å²) in [5, 5.41) is 3.43. The molecule has 0 aromatic heterocycles. The van der Waals surface area contributed by atoms with Crippen molar-refractivity contribution in [1.29, 1.82) is 0 Å². The van der Waals surface area contributed by atoms with Crippen LogP contribution in [-0.4, -0.2) is 81.6 Å². The summed E-state index contributed by atoms with van der Waals surface area (Å²) in [4.78, 5) is 0. The Morgan fingerprint density at radius 2 is 0.772 bits per heavy atom. The number of hydrogen-bond acceptors (Lipinski definition) is 10. The van der Waals surface area contributed by atoms with Crippen molar-refractivity contribution in [3.63, 3.8) is 0 Å². The molecule has 0 aliphatic carbocycles. The second kappa shape index (κ2) is 15.7. The number of oxime groups is 2. The first kappa shape index (κ1) is 48.6. The Balaban J connectivity index is 2.51. The van der Waals surface area contributed by atoms with Crippen molar-refractivity contribution in [3.05, 3.63) is 59.7 Å². The van der Waals surface area contributed by atoms with Gasteiger partial charge in [0.1, 0.15) is 11.5 Å². The molecule has 10 nitrogen and oxygen atoms in total. The van der Waals surface area contributed by atoms with Crippen LogP contribution >= 0.6 is 0 Å². The fourth-order valence-electron chi connectivity index (χ4n) is 3.37. The molecule has 324 valence electrons. The number of ether oxygens (including phenoxy) is 2. The highest BCUT2D eigenvalue weighted by molar-refractivity contribution is 7.87. The maximum absolute atomic E-state index is 14.5. The lowest BCUT2D eigenvalue weighted by molar-refractivity contribution is -0.336.